The predicted molar refractivity (Wildman–Crippen MR) is 126 cm³/mol. The highest BCUT2D eigenvalue weighted by atomic mass is 16.3. The third-order valence-electron chi connectivity index (χ3n) is 5.51. The summed E-state index contributed by atoms with van der Waals surface area (Å²) in [6.45, 7) is 8.65. The number of hydrogen-bond acceptors (Lipinski definition) is 3. The molecule has 0 saturated heterocycles. The smallest absolute Gasteiger partial charge is 0.254 e. The standard InChI is InChI=1S/C27H32N2O3/c1-5-22-12-14-24(15-13-22)27(31)29(20(2)3)19-26(30)28(17-23-9-7-6-8-10-23)18-25-16-11-21(4)32-25/h6-16,20H,5,17-19H2,1-4H3. The van der Waals surface area contributed by atoms with Gasteiger partial charge in [0.15, 0.2) is 0 Å². The summed E-state index contributed by atoms with van der Waals surface area (Å²) in [6, 6.07) is 21.1. The molecule has 0 aliphatic rings. The molecule has 0 spiro atoms. The maximum absolute atomic E-state index is 13.4. The highest BCUT2D eigenvalue weighted by Crippen LogP contribution is 2.16. The van der Waals surface area contributed by atoms with Crippen LogP contribution in [0.2, 0.25) is 0 Å². The molecular weight excluding hydrogens is 400 g/mol. The second kappa shape index (κ2) is 10.8. The van der Waals surface area contributed by atoms with E-state index in [1.807, 2.05) is 87.5 Å². The number of rotatable bonds is 9. The summed E-state index contributed by atoms with van der Waals surface area (Å²) < 4.78 is 5.72. The zero-order valence-corrected chi connectivity index (χ0v) is 19.4. The molecule has 2 aromatic carbocycles. The van der Waals surface area contributed by atoms with E-state index in [4.69, 9.17) is 4.42 Å². The van der Waals surface area contributed by atoms with Crippen molar-refractivity contribution < 1.29 is 14.0 Å². The average Bonchev–Trinajstić information content (AvgIpc) is 3.21. The molecule has 5 heteroatoms. The summed E-state index contributed by atoms with van der Waals surface area (Å²) in [5, 5.41) is 0. The van der Waals surface area contributed by atoms with E-state index in [0.717, 1.165) is 23.5 Å². The number of benzene rings is 2. The molecule has 0 saturated carbocycles. The fourth-order valence-electron chi connectivity index (χ4n) is 3.58. The summed E-state index contributed by atoms with van der Waals surface area (Å²) in [6.07, 6.45) is 0.918. The molecule has 32 heavy (non-hydrogen) atoms. The summed E-state index contributed by atoms with van der Waals surface area (Å²) in [5.41, 5.74) is 2.80. The van der Waals surface area contributed by atoms with E-state index in [1.165, 1.54) is 5.56 Å². The molecule has 1 aromatic heterocycles. The highest BCUT2D eigenvalue weighted by Gasteiger charge is 2.25. The van der Waals surface area contributed by atoms with Gasteiger partial charge in [0.2, 0.25) is 5.91 Å². The number of carbonyl (C=O) groups excluding carboxylic acids is 2. The van der Waals surface area contributed by atoms with Crippen LogP contribution in [0.1, 0.15) is 53.8 Å². The number of hydrogen-bond donors (Lipinski definition) is 0. The Bertz CT molecular complexity index is 1020. The topological polar surface area (TPSA) is 53.8 Å². The molecule has 3 rings (SSSR count). The lowest BCUT2D eigenvalue weighted by atomic mass is 10.1. The third kappa shape index (κ3) is 6.10. The number of aryl methyl sites for hydroxylation is 2. The molecule has 0 fully saturated rings. The molecule has 0 N–H and O–H groups in total. The van der Waals surface area contributed by atoms with E-state index < -0.39 is 0 Å². The molecule has 5 nitrogen and oxygen atoms in total. The van der Waals surface area contributed by atoms with Crippen molar-refractivity contribution in [3.05, 3.63) is 94.9 Å². The zero-order valence-electron chi connectivity index (χ0n) is 19.4. The SMILES string of the molecule is CCc1ccc(C(=O)N(CC(=O)N(Cc2ccccc2)Cc2ccc(C)o2)C(C)C)cc1. The maximum Gasteiger partial charge on any atom is 0.254 e. The zero-order chi connectivity index (χ0) is 23.1. The van der Waals surface area contributed by atoms with Crippen molar-refractivity contribution in [3.8, 4) is 0 Å². The van der Waals surface area contributed by atoms with Crippen LogP contribution in [-0.4, -0.2) is 34.2 Å². The van der Waals surface area contributed by atoms with Gasteiger partial charge in [-0.2, -0.15) is 0 Å². The molecule has 1 heterocycles. The van der Waals surface area contributed by atoms with Gasteiger partial charge < -0.3 is 14.2 Å². The minimum atomic E-state index is -0.135. The normalized spacial score (nSPS) is 10.9. The van der Waals surface area contributed by atoms with Gasteiger partial charge >= 0.3 is 0 Å². The lowest BCUT2D eigenvalue weighted by molar-refractivity contribution is -0.133. The number of amides is 2. The second-order valence-electron chi connectivity index (χ2n) is 8.33. The minimum Gasteiger partial charge on any atom is -0.464 e. The van der Waals surface area contributed by atoms with E-state index in [0.29, 0.717) is 18.7 Å². The van der Waals surface area contributed by atoms with E-state index in [2.05, 4.69) is 6.92 Å². The molecule has 0 atom stereocenters. The molecule has 0 aliphatic carbocycles. The van der Waals surface area contributed by atoms with Gasteiger partial charge in [-0.05, 0) is 62.6 Å². The van der Waals surface area contributed by atoms with Crippen LogP contribution < -0.4 is 0 Å². The van der Waals surface area contributed by atoms with Crippen molar-refractivity contribution in [3.63, 3.8) is 0 Å². The summed E-state index contributed by atoms with van der Waals surface area (Å²) in [7, 11) is 0. The molecular formula is C27H32N2O3. The quantitative estimate of drug-likeness (QED) is 0.465. The Kier molecular flexibility index (Phi) is 7.87. The van der Waals surface area contributed by atoms with E-state index in [9.17, 15) is 9.59 Å². The van der Waals surface area contributed by atoms with E-state index >= 15 is 0 Å². The fraction of sp³-hybridized carbons (Fsp3) is 0.333. The van der Waals surface area contributed by atoms with Crippen LogP contribution >= 0.6 is 0 Å². The molecule has 2 amide bonds. The fourth-order valence-corrected chi connectivity index (χ4v) is 3.58. The van der Waals surface area contributed by atoms with Gasteiger partial charge in [-0.15, -0.1) is 0 Å². The predicted octanol–water partition coefficient (Wildman–Crippen LogP) is 5.23. The molecule has 0 radical (unpaired) electrons. The van der Waals surface area contributed by atoms with Crippen LogP contribution in [0.15, 0.2) is 71.1 Å². The Morgan fingerprint density at radius 3 is 2.12 bits per heavy atom. The summed E-state index contributed by atoms with van der Waals surface area (Å²) in [5.74, 6) is 1.28. The van der Waals surface area contributed by atoms with Gasteiger partial charge in [0.25, 0.3) is 5.91 Å². The van der Waals surface area contributed by atoms with Crippen LogP contribution in [0.25, 0.3) is 0 Å². The van der Waals surface area contributed by atoms with Crippen molar-refractivity contribution in [1.29, 1.82) is 0 Å². The number of nitrogens with zero attached hydrogens (tertiary/aromatic N) is 2. The Morgan fingerprint density at radius 2 is 1.56 bits per heavy atom. The first-order valence-electron chi connectivity index (χ1n) is 11.1. The van der Waals surface area contributed by atoms with Gasteiger partial charge in [-0.3, -0.25) is 9.59 Å². The monoisotopic (exact) mass is 432 g/mol. The molecule has 0 bridgehead atoms. The van der Waals surface area contributed by atoms with Gasteiger partial charge in [0.05, 0.1) is 6.54 Å². The third-order valence-corrected chi connectivity index (χ3v) is 5.51. The molecule has 168 valence electrons. The Labute approximate surface area is 190 Å². The van der Waals surface area contributed by atoms with Crippen molar-refractivity contribution in [2.45, 2.75) is 53.2 Å². The van der Waals surface area contributed by atoms with Crippen LogP contribution in [0.3, 0.4) is 0 Å². The van der Waals surface area contributed by atoms with Crippen molar-refractivity contribution >= 4 is 11.8 Å². The van der Waals surface area contributed by atoms with Crippen molar-refractivity contribution in [1.82, 2.24) is 9.80 Å². The summed E-state index contributed by atoms with van der Waals surface area (Å²) in [4.78, 5) is 30.0. The van der Waals surface area contributed by atoms with E-state index in [-0.39, 0.29) is 24.4 Å². The Balaban J connectivity index is 1.79. The first-order valence-corrected chi connectivity index (χ1v) is 11.1. The largest absolute Gasteiger partial charge is 0.464 e. The summed E-state index contributed by atoms with van der Waals surface area (Å²) >= 11 is 0. The van der Waals surface area contributed by atoms with Gasteiger partial charge in [0.1, 0.15) is 18.1 Å². The molecule has 0 unspecified atom stereocenters. The maximum atomic E-state index is 13.4. The Hall–Kier alpha value is -3.34. The van der Waals surface area contributed by atoms with Crippen LogP contribution in [0.4, 0.5) is 0 Å². The lowest BCUT2D eigenvalue weighted by Gasteiger charge is -2.30. The number of carbonyl (C=O) groups is 2. The Morgan fingerprint density at radius 1 is 0.875 bits per heavy atom. The lowest BCUT2D eigenvalue weighted by Crippen LogP contribution is -2.45. The second-order valence-corrected chi connectivity index (χ2v) is 8.33. The van der Waals surface area contributed by atoms with Gasteiger partial charge in [-0.1, -0.05) is 49.4 Å². The first kappa shape index (κ1) is 23.3. The van der Waals surface area contributed by atoms with Gasteiger partial charge in [-0.25, -0.2) is 0 Å². The first-order chi connectivity index (χ1) is 15.4. The molecule has 3 aromatic rings. The van der Waals surface area contributed by atoms with Gasteiger partial charge in [0, 0.05) is 18.2 Å². The molecule has 0 aliphatic heterocycles. The van der Waals surface area contributed by atoms with Crippen LogP contribution in [0.5, 0.6) is 0 Å². The minimum absolute atomic E-state index is 0.0125. The average molecular weight is 433 g/mol. The van der Waals surface area contributed by atoms with Crippen LogP contribution in [-0.2, 0) is 24.3 Å². The van der Waals surface area contributed by atoms with E-state index in [1.54, 1.807) is 9.80 Å². The van der Waals surface area contributed by atoms with Crippen molar-refractivity contribution in [2.24, 2.45) is 0 Å². The van der Waals surface area contributed by atoms with Crippen molar-refractivity contribution in [2.75, 3.05) is 6.54 Å². The highest BCUT2D eigenvalue weighted by molar-refractivity contribution is 5.96. The number of furan rings is 1. The van der Waals surface area contributed by atoms with Crippen LogP contribution in [0, 0.1) is 6.92 Å².